The smallest absolute Gasteiger partial charge is 0.165 e. The average molecular weight is 355 g/mol. The first-order chi connectivity index (χ1) is 10.2. The van der Waals surface area contributed by atoms with Crippen LogP contribution in [-0.4, -0.2) is 14.2 Å². The Morgan fingerprint density at radius 3 is 2.19 bits per heavy atom. The van der Waals surface area contributed by atoms with E-state index >= 15 is 0 Å². The van der Waals surface area contributed by atoms with Crippen LogP contribution in [0.2, 0.25) is 0 Å². The van der Waals surface area contributed by atoms with E-state index in [1.54, 1.807) is 26.4 Å². The van der Waals surface area contributed by atoms with Crippen LogP contribution >= 0.6 is 15.9 Å². The van der Waals surface area contributed by atoms with Crippen molar-refractivity contribution >= 4 is 15.9 Å². The van der Waals surface area contributed by atoms with Crippen molar-refractivity contribution in [3.63, 3.8) is 0 Å². The van der Waals surface area contributed by atoms with Crippen molar-refractivity contribution in [2.24, 2.45) is 0 Å². The highest BCUT2D eigenvalue weighted by atomic mass is 79.9. The van der Waals surface area contributed by atoms with Gasteiger partial charge in [-0.25, -0.2) is 4.39 Å². The zero-order valence-corrected chi connectivity index (χ0v) is 13.4. The molecule has 0 heterocycles. The molecule has 0 aliphatic carbocycles. The molecule has 2 aromatic rings. The summed E-state index contributed by atoms with van der Waals surface area (Å²) in [6.45, 7) is 0.255. The van der Waals surface area contributed by atoms with Gasteiger partial charge in [0.1, 0.15) is 6.61 Å². The fourth-order valence-corrected chi connectivity index (χ4v) is 2.22. The van der Waals surface area contributed by atoms with E-state index in [-0.39, 0.29) is 18.2 Å². The van der Waals surface area contributed by atoms with Gasteiger partial charge in [-0.2, -0.15) is 0 Å². The van der Waals surface area contributed by atoms with Gasteiger partial charge < -0.3 is 14.2 Å². The van der Waals surface area contributed by atoms with Gasteiger partial charge >= 0.3 is 0 Å². The third kappa shape index (κ3) is 3.88. The molecule has 0 N–H and O–H groups in total. The lowest BCUT2D eigenvalue weighted by Crippen LogP contribution is -1.99. The summed E-state index contributed by atoms with van der Waals surface area (Å²) >= 11 is 3.29. The van der Waals surface area contributed by atoms with Crippen LogP contribution in [0.1, 0.15) is 11.1 Å². The quantitative estimate of drug-likeness (QED) is 0.723. The molecule has 0 bridgehead atoms. The first kappa shape index (κ1) is 15.6. The molecule has 2 aromatic carbocycles. The van der Waals surface area contributed by atoms with Gasteiger partial charge in [0.15, 0.2) is 23.1 Å². The van der Waals surface area contributed by atoms with E-state index in [2.05, 4.69) is 15.9 Å². The van der Waals surface area contributed by atoms with Crippen LogP contribution in [0.15, 0.2) is 36.4 Å². The van der Waals surface area contributed by atoms with E-state index in [0.717, 1.165) is 11.1 Å². The molecule has 0 spiro atoms. The molecule has 0 amide bonds. The number of ether oxygens (including phenoxy) is 3. The Bertz CT molecular complexity index is 616. The third-order valence-corrected chi connectivity index (χ3v) is 3.64. The summed E-state index contributed by atoms with van der Waals surface area (Å²) in [5, 5.41) is 0.611. The highest BCUT2D eigenvalue weighted by molar-refractivity contribution is 9.08. The second-order valence-corrected chi connectivity index (χ2v) is 4.94. The van der Waals surface area contributed by atoms with E-state index < -0.39 is 0 Å². The van der Waals surface area contributed by atoms with Gasteiger partial charge in [0.2, 0.25) is 0 Å². The highest BCUT2D eigenvalue weighted by Crippen LogP contribution is 2.28. The predicted octanol–water partition coefficient (Wildman–Crippen LogP) is 4.32. The maximum absolute atomic E-state index is 13.8. The van der Waals surface area contributed by atoms with Gasteiger partial charge in [0, 0.05) is 5.33 Å². The van der Waals surface area contributed by atoms with Crippen LogP contribution in [-0.2, 0) is 11.9 Å². The lowest BCUT2D eigenvalue weighted by Gasteiger charge is -2.11. The van der Waals surface area contributed by atoms with Crippen LogP contribution in [0.5, 0.6) is 17.2 Å². The minimum atomic E-state index is -0.368. The van der Waals surface area contributed by atoms with Gasteiger partial charge in [-0.1, -0.05) is 28.1 Å². The predicted molar refractivity (Wildman–Crippen MR) is 82.9 cm³/mol. The average Bonchev–Trinajstić information content (AvgIpc) is 2.53. The number of methoxy groups -OCH3 is 2. The molecule has 2 rings (SSSR count). The second-order valence-electron chi connectivity index (χ2n) is 4.38. The van der Waals surface area contributed by atoms with Crippen LogP contribution < -0.4 is 14.2 Å². The number of hydrogen-bond donors (Lipinski definition) is 0. The van der Waals surface area contributed by atoms with Crippen molar-refractivity contribution in [3.8, 4) is 17.2 Å². The Morgan fingerprint density at radius 2 is 1.57 bits per heavy atom. The molecular formula is C16H16BrFO3. The van der Waals surface area contributed by atoms with E-state index in [1.807, 2.05) is 18.2 Å². The minimum Gasteiger partial charge on any atom is -0.493 e. The lowest BCUT2D eigenvalue weighted by atomic mass is 10.2. The monoisotopic (exact) mass is 354 g/mol. The van der Waals surface area contributed by atoms with Crippen molar-refractivity contribution in [3.05, 3.63) is 53.3 Å². The number of halogens is 2. The Balaban J connectivity index is 2.09. The topological polar surface area (TPSA) is 27.7 Å². The highest BCUT2D eigenvalue weighted by Gasteiger charge is 2.07. The summed E-state index contributed by atoms with van der Waals surface area (Å²) in [5.74, 6) is 1.13. The summed E-state index contributed by atoms with van der Waals surface area (Å²) in [7, 11) is 3.15. The maximum Gasteiger partial charge on any atom is 0.165 e. The molecule has 112 valence electrons. The fraction of sp³-hybridized carbons (Fsp3) is 0.250. The summed E-state index contributed by atoms with van der Waals surface area (Å²) < 4.78 is 29.7. The molecule has 0 unspecified atom stereocenters. The molecule has 0 radical (unpaired) electrons. The first-order valence-electron chi connectivity index (χ1n) is 6.36. The summed E-state index contributed by atoms with van der Waals surface area (Å²) in [6, 6.07) is 10.4. The number of hydrogen-bond acceptors (Lipinski definition) is 3. The molecule has 0 saturated carbocycles. The molecule has 0 atom stereocenters. The lowest BCUT2D eigenvalue weighted by molar-refractivity contribution is 0.288. The van der Waals surface area contributed by atoms with Crippen molar-refractivity contribution < 1.29 is 18.6 Å². The molecule has 0 aliphatic heterocycles. The van der Waals surface area contributed by atoms with Crippen molar-refractivity contribution in [2.75, 3.05) is 14.2 Å². The molecule has 3 nitrogen and oxygen atoms in total. The van der Waals surface area contributed by atoms with Gasteiger partial charge in [-0.3, -0.25) is 0 Å². The van der Waals surface area contributed by atoms with Crippen LogP contribution in [0.3, 0.4) is 0 Å². The van der Waals surface area contributed by atoms with E-state index in [9.17, 15) is 4.39 Å². The first-order valence-corrected chi connectivity index (χ1v) is 7.48. The van der Waals surface area contributed by atoms with Gasteiger partial charge in [0.05, 0.1) is 14.2 Å². The molecular weight excluding hydrogens is 339 g/mol. The fourth-order valence-electron chi connectivity index (χ4n) is 1.88. The molecule has 5 heteroatoms. The Hall–Kier alpha value is -1.75. The second kappa shape index (κ2) is 7.31. The number of alkyl halides is 1. The largest absolute Gasteiger partial charge is 0.493 e. The van der Waals surface area contributed by atoms with Crippen LogP contribution in [0, 0.1) is 5.82 Å². The van der Waals surface area contributed by atoms with Crippen LogP contribution in [0.4, 0.5) is 4.39 Å². The number of rotatable bonds is 6. The summed E-state index contributed by atoms with van der Waals surface area (Å²) in [5.41, 5.74) is 1.74. The third-order valence-electron chi connectivity index (χ3n) is 2.99. The standard InChI is InChI=1S/C16H16BrFO3/c1-19-15-6-4-12(8-16(15)20-2)10-21-14-5-3-11(9-17)7-13(14)18/h3-8H,9-10H2,1-2H3. The van der Waals surface area contributed by atoms with Crippen LogP contribution in [0.25, 0.3) is 0 Å². The maximum atomic E-state index is 13.8. The molecule has 21 heavy (non-hydrogen) atoms. The Labute approximate surface area is 131 Å². The zero-order valence-electron chi connectivity index (χ0n) is 11.9. The van der Waals surface area contributed by atoms with E-state index in [4.69, 9.17) is 14.2 Å². The van der Waals surface area contributed by atoms with E-state index in [1.165, 1.54) is 6.07 Å². The minimum absolute atomic E-state index is 0.231. The summed E-state index contributed by atoms with van der Waals surface area (Å²) in [6.07, 6.45) is 0. The Morgan fingerprint density at radius 1 is 0.905 bits per heavy atom. The van der Waals surface area contributed by atoms with Crippen molar-refractivity contribution in [1.82, 2.24) is 0 Å². The van der Waals surface area contributed by atoms with Gasteiger partial charge in [-0.05, 0) is 35.4 Å². The van der Waals surface area contributed by atoms with E-state index in [0.29, 0.717) is 16.8 Å². The molecule has 0 aliphatic rings. The molecule has 0 fully saturated rings. The number of benzene rings is 2. The zero-order chi connectivity index (χ0) is 15.2. The molecule has 0 aromatic heterocycles. The van der Waals surface area contributed by atoms with Gasteiger partial charge in [0.25, 0.3) is 0 Å². The molecule has 0 saturated heterocycles. The van der Waals surface area contributed by atoms with Crippen molar-refractivity contribution in [1.29, 1.82) is 0 Å². The van der Waals surface area contributed by atoms with Gasteiger partial charge in [-0.15, -0.1) is 0 Å². The SMILES string of the molecule is COc1ccc(COc2ccc(CBr)cc2F)cc1OC. The summed E-state index contributed by atoms with van der Waals surface area (Å²) in [4.78, 5) is 0. The normalized spacial score (nSPS) is 10.3. The Kier molecular flexibility index (Phi) is 5.44. The van der Waals surface area contributed by atoms with Crippen molar-refractivity contribution in [2.45, 2.75) is 11.9 Å².